The van der Waals surface area contributed by atoms with Gasteiger partial charge in [-0.25, -0.2) is 9.78 Å². The number of hydrogen-bond acceptors (Lipinski definition) is 5. The van der Waals surface area contributed by atoms with E-state index in [0.29, 0.717) is 12.2 Å². The molecule has 176 valence electrons. The number of aliphatic imine (C=N–C) groups is 1. The van der Waals surface area contributed by atoms with Crippen LogP contribution in [0.5, 0.6) is 0 Å². The Morgan fingerprint density at radius 2 is 1.78 bits per heavy atom. The fourth-order valence-corrected chi connectivity index (χ4v) is 2.72. The molecule has 3 N–H and O–H groups in total. The molecule has 0 aliphatic carbocycles. The van der Waals surface area contributed by atoms with Crippen molar-refractivity contribution in [2.75, 3.05) is 37.9 Å². The average Bonchev–Trinajstić information content (AvgIpc) is 2.70. The molecule has 32 heavy (non-hydrogen) atoms. The van der Waals surface area contributed by atoms with Crippen molar-refractivity contribution in [3.05, 3.63) is 53.7 Å². The molecule has 0 aliphatic rings. The van der Waals surface area contributed by atoms with E-state index in [0.717, 1.165) is 35.9 Å². The lowest BCUT2D eigenvalue weighted by atomic mass is 10.1. The van der Waals surface area contributed by atoms with Crippen molar-refractivity contribution in [3.8, 4) is 0 Å². The second-order valence-electron chi connectivity index (χ2n) is 8.34. The monoisotopic (exact) mass is 554 g/mol. The molecular weight excluding hydrogens is 519 g/mol. The highest BCUT2D eigenvalue weighted by atomic mass is 127. The Morgan fingerprint density at radius 3 is 2.38 bits per heavy atom. The van der Waals surface area contributed by atoms with Crippen LogP contribution in [0.25, 0.3) is 0 Å². The van der Waals surface area contributed by atoms with Crippen molar-refractivity contribution >= 4 is 47.5 Å². The van der Waals surface area contributed by atoms with Crippen LogP contribution in [0.2, 0.25) is 0 Å². The van der Waals surface area contributed by atoms with Gasteiger partial charge in [-0.2, -0.15) is 0 Å². The van der Waals surface area contributed by atoms with Gasteiger partial charge in [-0.15, -0.1) is 24.0 Å². The maximum Gasteiger partial charge on any atom is 0.412 e. The molecule has 1 aromatic carbocycles. The Bertz CT molecular complexity index is 879. The van der Waals surface area contributed by atoms with Gasteiger partial charge in [-0.1, -0.05) is 12.1 Å². The molecule has 0 bridgehead atoms. The first-order valence-electron chi connectivity index (χ1n) is 10.3. The third-order valence-corrected chi connectivity index (χ3v) is 4.26. The number of benzene rings is 1. The van der Waals surface area contributed by atoms with E-state index in [2.05, 4.69) is 25.9 Å². The molecule has 0 saturated carbocycles. The Labute approximate surface area is 208 Å². The highest BCUT2D eigenvalue weighted by Gasteiger charge is 2.16. The molecule has 2 rings (SSSR count). The first kappa shape index (κ1) is 27.5. The van der Waals surface area contributed by atoms with Gasteiger partial charge in [0.2, 0.25) is 0 Å². The van der Waals surface area contributed by atoms with E-state index in [1.54, 1.807) is 7.05 Å². The van der Waals surface area contributed by atoms with E-state index in [1.807, 2.05) is 82.4 Å². The van der Waals surface area contributed by atoms with Crippen LogP contribution in [0.15, 0.2) is 47.6 Å². The Hall–Kier alpha value is -2.56. The van der Waals surface area contributed by atoms with Crippen LogP contribution >= 0.6 is 24.0 Å². The number of carbonyl (C=O) groups excluding carboxylic acids is 1. The minimum atomic E-state index is -0.520. The SMILES string of the molecule is CN=C(NCCc1ccc(NC(=O)OC(C)(C)C)cc1)NCc1ccnc(N(C)C)c1.I. The third kappa shape index (κ3) is 10.2. The van der Waals surface area contributed by atoms with Crippen LogP contribution < -0.4 is 20.9 Å². The second kappa shape index (κ2) is 13.1. The van der Waals surface area contributed by atoms with Crippen molar-refractivity contribution in [2.45, 2.75) is 39.3 Å². The number of guanidine groups is 1. The summed E-state index contributed by atoms with van der Waals surface area (Å²) in [7, 11) is 5.70. The maximum absolute atomic E-state index is 11.8. The lowest BCUT2D eigenvalue weighted by Crippen LogP contribution is -2.37. The number of amides is 1. The quantitative estimate of drug-likeness (QED) is 0.272. The lowest BCUT2D eigenvalue weighted by Gasteiger charge is -2.19. The van der Waals surface area contributed by atoms with Crippen LogP contribution in [-0.4, -0.2) is 50.3 Å². The number of halogens is 1. The van der Waals surface area contributed by atoms with Crippen LogP contribution in [-0.2, 0) is 17.7 Å². The molecular formula is C23H35IN6O2. The molecule has 0 spiro atoms. The number of carbonyl (C=O) groups is 1. The summed E-state index contributed by atoms with van der Waals surface area (Å²) in [6, 6.07) is 11.8. The summed E-state index contributed by atoms with van der Waals surface area (Å²) in [5.74, 6) is 1.67. The number of aromatic nitrogens is 1. The molecule has 1 amide bonds. The van der Waals surface area contributed by atoms with Crippen LogP contribution in [0.4, 0.5) is 16.3 Å². The number of rotatable bonds is 7. The van der Waals surface area contributed by atoms with Gasteiger partial charge in [0.25, 0.3) is 0 Å². The van der Waals surface area contributed by atoms with Gasteiger partial charge in [0.05, 0.1) is 0 Å². The van der Waals surface area contributed by atoms with Crippen molar-refractivity contribution in [2.24, 2.45) is 4.99 Å². The highest BCUT2D eigenvalue weighted by molar-refractivity contribution is 14.0. The molecule has 0 radical (unpaired) electrons. The number of nitrogens with one attached hydrogen (secondary N) is 3. The molecule has 9 heteroatoms. The molecule has 2 aromatic rings. The van der Waals surface area contributed by atoms with Gasteiger partial charge in [0, 0.05) is 46.1 Å². The van der Waals surface area contributed by atoms with E-state index in [4.69, 9.17) is 4.74 Å². The zero-order chi connectivity index (χ0) is 22.9. The zero-order valence-corrected chi connectivity index (χ0v) is 22.1. The minimum Gasteiger partial charge on any atom is -0.444 e. The number of ether oxygens (including phenoxy) is 1. The Kier molecular flexibility index (Phi) is 11.2. The molecule has 0 unspecified atom stereocenters. The van der Waals surface area contributed by atoms with Crippen LogP contribution in [0, 0.1) is 0 Å². The number of nitrogens with zero attached hydrogens (tertiary/aromatic N) is 3. The van der Waals surface area contributed by atoms with Gasteiger partial charge >= 0.3 is 6.09 Å². The summed E-state index contributed by atoms with van der Waals surface area (Å²) >= 11 is 0. The predicted octanol–water partition coefficient (Wildman–Crippen LogP) is 4.02. The number of anilines is 2. The van der Waals surface area contributed by atoms with Gasteiger partial charge < -0.3 is 20.3 Å². The van der Waals surface area contributed by atoms with Gasteiger partial charge in [0.1, 0.15) is 11.4 Å². The smallest absolute Gasteiger partial charge is 0.412 e. The first-order valence-corrected chi connectivity index (χ1v) is 10.3. The van der Waals surface area contributed by atoms with Crippen molar-refractivity contribution in [1.82, 2.24) is 15.6 Å². The highest BCUT2D eigenvalue weighted by Crippen LogP contribution is 2.13. The lowest BCUT2D eigenvalue weighted by molar-refractivity contribution is 0.0636. The molecule has 1 aromatic heterocycles. The number of hydrogen-bond donors (Lipinski definition) is 3. The summed E-state index contributed by atoms with van der Waals surface area (Å²) in [4.78, 5) is 22.4. The Morgan fingerprint density at radius 1 is 1.09 bits per heavy atom. The van der Waals surface area contributed by atoms with Crippen LogP contribution in [0.3, 0.4) is 0 Å². The third-order valence-electron chi connectivity index (χ3n) is 4.26. The van der Waals surface area contributed by atoms with Crippen molar-refractivity contribution < 1.29 is 9.53 Å². The van der Waals surface area contributed by atoms with E-state index >= 15 is 0 Å². The van der Waals surface area contributed by atoms with E-state index in [1.165, 1.54) is 0 Å². The normalized spacial score (nSPS) is 11.2. The molecule has 0 atom stereocenters. The summed E-state index contributed by atoms with van der Waals surface area (Å²) in [5, 5.41) is 9.38. The molecule has 0 aliphatic heterocycles. The fourth-order valence-electron chi connectivity index (χ4n) is 2.72. The fraction of sp³-hybridized carbons (Fsp3) is 0.435. The molecule has 0 fully saturated rings. The van der Waals surface area contributed by atoms with E-state index < -0.39 is 11.7 Å². The molecule has 8 nitrogen and oxygen atoms in total. The summed E-state index contributed by atoms with van der Waals surface area (Å²) in [5.41, 5.74) is 2.48. The second-order valence-corrected chi connectivity index (χ2v) is 8.34. The van der Waals surface area contributed by atoms with Crippen molar-refractivity contribution in [1.29, 1.82) is 0 Å². The van der Waals surface area contributed by atoms with Gasteiger partial charge in [-0.05, 0) is 62.6 Å². The largest absolute Gasteiger partial charge is 0.444 e. The standard InChI is InChI=1S/C23H34N6O2.HI/c1-23(2,3)31-22(30)28-19-9-7-17(8-10-19)11-14-26-21(24-4)27-16-18-12-13-25-20(15-18)29(5)6;/h7-10,12-13,15H,11,14,16H2,1-6H3,(H,28,30)(H2,24,26,27);1H. The van der Waals surface area contributed by atoms with Gasteiger partial charge in [-0.3, -0.25) is 10.3 Å². The topological polar surface area (TPSA) is 90.9 Å². The summed E-state index contributed by atoms with van der Waals surface area (Å²) in [6.07, 6.45) is 2.18. The molecule has 1 heterocycles. The zero-order valence-electron chi connectivity index (χ0n) is 19.7. The first-order chi connectivity index (χ1) is 14.7. The van der Waals surface area contributed by atoms with Crippen LogP contribution in [0.1, 0.15) is 31.9 Å². The van der Waals surface area contributed by atoms with Crippen molar-refractivity contribution in [3.63, 3.8) is 0 Å². The minimum absolute atomic E-state index is 0. The average molecular weight is 554 g/mol. The van der Waals surface area contributed by atoms with E-state index in [-0.39, 0.29) is 24.0 Å². The summed E-state index contributed by atoms with van der Waals surface area (Å²) < 4.78 is 5.26. The predicted molar refractivity (Wildman–Crippen MR) is 142 cm³/mol. The summed E-state index contributed by atoms with van der Waals surface area (Å²) in [6.45, 7) is 6.91. The molecule has 0 saturated heterocycles. The Balaban J connectivity index is 0.00000512. The maximum atomic E-state index is 11.8. The number of pyridine rings is 1. The van der Waals surface area contributed by atoms with E-state index in [9.17, 15) is 4.79 Å². The van der Waals surface area contributed by atoms with Gasteiger partial charge in [0.15, 0.2) is 5.96 Å².